The van der Waals surface area contributed by atoms with E-state index < -0.39 is 0 Å². The minimum Gasteiger partial charge on any atom is -0.350 e. The van der Waals surface area contributed by atoms with Gasteiger partial charge in [-0.1, -0.05) is 48.5 Å². The van der Waals surface area contributed by atoms with E-state index in [9.17, 15) is 9.59 Å². The molecule has 0 saturated heterocycles. The standard InChI is InChI=1S/C23H21N5O2/c29-22-12-11-21(26-28(22)16-18-7-3-1-4-8-18)23(30)24-14-13-19-15-25-27(17-19)20-9-5-2-6-10-20/h1-12,15,17H,13-14,16H2,(H,24,30). The molecule has 0 spiro atoms. The number of carbonyl (C=O) groups excluding carboxylic acids is 1. The molecule has 7 heteroatoms. The minimum absolute atomic E-state index is 0.213. The average Bonchev–Trinajstić information content (AvgIpc) is 3.25. The van der Waals surface area contributed by atoms with Gasteiger partial charge in [0.1, 0.15) is 5.69 Å². The Morgan fingerprint density at radius 2 is 1.63 bits per heavy atom. The largest absolute Gasteiger partial charge is 0.350 e. The van der Waals surface area contributed by atoms with Gasteiger partial charge in [0.15, 0.2) is 0 Å². The summed E-state index contributed by atoms with van der Waals surface area (Å²) in [7, 11) is 0. The third kappa shape index (κ3) is 4.70. The van der Waals surface area contributed by atoms with Crippen molar-refractivity contribution in [2.24, 2.45) is 0 Å². The summed E-state index contributed by atoms with van der Waals surface area (Å²) in [6, 6.07) is 22.2. The number of hydrogen-bond acceptors (Lipinski definition) is 4. The first-order chi connectivity index (χ1) is 14.7. The summed E-state index contributed by atoms with van der Waals surface area (Å²) < 4.78 is 3.10. The van der Waals surface area contributed by atoms with Gasteiger partial charge in [0.2, 0.25) is 0 Å². The van der Waals surface area contributed by atoms with E-state index in [4.69, 9.17) is 0 Å². The van der Waals surface area contributed by atoms with Crippen LogP contribution in [0.5, 0.6) is 0 Å². The zero-order valence-corrected chi connectivity index (χ0v) is 16.3. The SMILES string of the molecule is O=C(NCCc1cnn(-c2ccccc2)c1)c1ccc(=O)n(Cc2ccccc2)n1. The number of benzene rings is 2. The molecule has 0 atom stereocenters. The summed E-state index contributed by atoms with van der Waals surface area (Å²) >= 11 is 0. The number of hydrogen-bond donors (Lipinski definition) is 1. The van der Waals surface area contributed by atoms with Crippen molar-refractivity contribution in [1.29, 1.82) is 0 Å². The van der Waals surface area contributed by atoms with Crippen molar-refractivity contribution in [3.05, 3.63) is 112 Å². The summed E-state index contributed by atoms with van der Waals surface area (Å²) in [5.41, 5.74) is 2.91. The van der Waals surface area contributed by atoms with Crippen LogP contribution in [0.1, 0.15) is 21.6 Å². The molecule has 2 heterocycles. The molecule has 0 fully saturated rings. The first kappa shape index (κ1) is 19.3. The van der Waals surface area contributed by atoms with Crippen LogP contribution in [0.3, 0.4) is 0 Å². The van der Waals surface area contributed by atoms with Gasteiger partial charge in [0.05, 0.1) is 18.4 Å². The number of aromatic nitrogens is 4. The first-order valence-corrected chi connectivity index (χ1v) is 9.68. The van der Waals surface area contributed by atoms with Crippen LogP contribution in [0.4, 0.5) is 0 Å². The molecule has 1 N–H and O–H groups in total. The minimum atomic E-state index is -0.313. The van der Waals surface area contributed by atoms with Crippen LogP contribution < -0.4 is 10.9 Å². The first-order valence-electron chi connectivity index (χ1n) is 9.68. The van der Waals surface area contributed by atoms with Gasteiger partial charge < -0.3 is 5.32 Å². The zero-order chi connectivity index (χ0) is 20.8. The van der Waals surface area contributed by atoms with E-state index in [1.807, 2.05) is 66.9 Å². The molecule has 0 unspecified atom stereocenters. The smallest absolute Gasteiger partial charge is 0.271 e. The van der Waals surface area contributed by atoms with E-state index in [0.29, 0.717) is 19.5 Å². The normalized spacial score (nSPS) is 10.7. The molecule has 4 aromatic rings. The third-order valence-corrected chi connectivity index (χ3v) is 4.63. The molecule has 4 rings (SSSR count). The maximum absolute atomic E-state index is 12.5. The van der Waals surface area contributed by atoms with Crippen LogP contribution in [0.25, 0.3) is 5.69 Å². The number of amides is 1. The van der Waals surface area contributed by atoms with Crippen molar-refractivity contribution < 1.29 is 4.79 Å². The predicted molar refractivity (Wildman–Crippen MR) is 114 cm³/mol. The Hall–Kier alpha value is -4.00. The van der Waals surface area contributed by atoms with Crippen LogP contribution in [0.2, 0.25) is 0 Å². The Morgan fingerprint density at radius 3 is 2.40 bits per heavy atom. The van der Waals surface area contributed by atoms with Crippen LogP contribution in [-0.4, -0.2) is 32.0 Å². The molecule has 0 saturated carbocycles. The summed E-state index contributed by atoms with van der Waals surface area (Å²) in [5, 5.41) is 11.4. The highest BCUT2D eigenvalue weighted by atomic mass is 16.2. The maximum Gasteiger partial charge on any atom is 0.271 e. The van der Waals surface area contributed by atoms with Crippen molar-refractivity contribution in [2.45, 2.75) is 13.0 Å². The summed E-state index contributed by atoms with van der Waals surface area (Å²) in [4.78, 5) is 24.5. The second kappa shape index (κ2) is 9.00. The van der Waals surface area contributed by atoms with Gasteiger partial charge in [-0.25, -0.2) is 9.36 Å². The molecule has 0 aliphatic carbocycles. The van der Waals surface area contributed by atoms with Gasteiger partial charge in [-0.15, -0.1) is 0 Å². The van der Waals surface area contributed by atoms with Gasteiger partial charge >= 0.3 is 0 Å². The number of rotatable bonds is 7. The lowest BCUT2D eigenvalue weighted by atomic mass is 10.2. The van der Waals surface area contributed by atoms with Gasteiger partial charge in [-0.3, -0.25) is 9.59 Å². The van der Waals surface area contributed by atoms with E-state index in [2.05, 4.69) is 15.5 Å². The van der Waals surface area contributed by atoms with Crippen molar-refractivity contribution in [3.8, 4) is 5.69 Å². The quantitative estimate of drug-likeness (QED) is 0.518. The second-order valence-corrected chi connectivity index (χ2v) is 6.83. The number of para-hydroxylation sites is 1. The van der Waals surface area contributed by atoms with Crippen LogP contribution in [0, 0.1) is 0 Å². The molecule has 1 amide bonds. The molecule has 2 aromatic heterocycles. The molecular weight excluding hydrogens is 378 g/mol. The number of carbonyl (C=O) groups is 1. The van der Waals surface area contributed by atoms with Crippen molar-refractivity contribution in [3.63, 3.8) is 0 Å². The molecule has 30 heavy (non-hydrogen) atoms. The lowest BCUT2D eigenvalue weighted by Gasteiger charge is -2.08. The highest BCUT2D eigenvalue weighted by Gasteiger charge is 2.10. The van der Waals surface area contributed by atoms with E-state index in [1.54, 1.807) is 10.9 Å². The van der Waals surface area contributed by atoms with Crippen molar-refractivity contribution in [2.75, 3.05) is 6.54 Å². The van der Waals surface area contributed by atoms with Gasteiger partial charge in [0.25, 0.3) is 11.5 Å². The van der Waals surface area contributed by atoms with Crippen LogP contribution >= 0.6 is 0 Å². The van der Waals surface area contributed by atoms with Crippen LogP contribution in [0.15, 0.2) is 90.0 Å². The fraction of sp³-hybridized carbons (Fsp3) is 0.130. The predicted octanol–water partition coefficient (Wildman–Crippen LogP) is 2.45. The third-order valence-electron chi connectivity index (χ3n) is 4.63. The molecule has 0 aliphatic rings. The molecule has 2 aromatic carbocycles. The Kier molecular flexibility index (Phi) is 5.80. The summed E-state index contributed by atoms with van der Waals surface area (Å²) in [5.74, 6) is -0.313. The van der Waals surface area contributed by atoms with Gasteiger partial charge in [-0.05, 0) is 35.7 Å². The highest BCUT2D eigenvalue weighted by Crippen LogP contribution is 2.08. The molecule has 150 valence electrons. The van der Waals surface area contributed by atoms with E-state index >= 15 is 0 Å². The monoisotopic (exact) mass is 399 g/mol. The fourth-order valence-electron chi connectivity index (χ4n) is 3.06. The molecular formula is C23H21N5O2. The van der Waals surface area contributed by atoms with Crippen molar-refractivity contribution in [1.82, 2.24) is 24.9 Å². The maximum atomic E-state index is 12.5. The number of nitrogens with zero attached hydrogens (tertiary/aromatic N) is 4. The van der Waals surface area contributed by atoms with Crippen molar-refractivity contribution >= 4 is 5.91 Å². The Morgan fingerprint density at radius 1 is 0.900 bits per heavy atom. The average molecular weight is 399 g/mol. The topological polar surface area (TPSA) is 81.8 Å². The Labute approximate surface area is 173 Å². The lowest BCUT2D eigenvalue weighted by molar-refractivity contribution is 0.0946. The number of nitrogens with one attached hydrogen (secondary N) is 1. The highest BCUT2D eigenvalue weighted by molar-refractivity contribution is 5.91. The van der Waals surface area contributed by atoms with Crippen LogP contribution in [-0.2, 0) is 13.0 Å². The van der Waals surface area contributed by atoms with E-state index in [1.165, 1.54) is 16.8 Å². The Balaban J connectivity index is 1.36. The molecule has 0 aliphatic heterocycles. The second-order valence-electron chi connectivity index (χ2n) is 6.83. The molecule has 0 bridgehead atoms. The molecule has 0 radical (unpaired) electrons. The Bertz CT molecular complexity index is 1180. The summed E-state index contributed by atoms with van der Waals surface area (Å²) in [6.45, 7) is 0.762. The molecule has 7 nitrogen and oxygen atoms in total. The van der Waals surface area contributed by atoms with Gasteiger partial charge in [0, 0.05) is 18.8 Å². The van der Waals surface area contributed by atoms with E-state index in [-0.39, 0.29) is 17.2 Å². The summed E-state index contributed by atoms with van der Waals surface area (Å²) in [6.07, 6.45) is 4.37. The fourth-order valence-corrected chi connectivity index (χ4v) is 3.06. The lowest BCUT2D eigenvalue weighted by Crippen LogP contribution is -2.30. The van der Waals surface area contributed by atoms with Gasteiger partial charge in [-0.2, -0.15) is 10.2 Å². The van der Waals surface area contributed by atoms with E-state index in [0.717, 1.165) is 16.8 Å². The zero-order valence-electron chi connectivity index (χ0n) is 16.3.